The molecule has 2 heterocycles. The molecular formula is C18H17N5O3. The number of carbonyl (C=O) groups is 1. The zero-order valence-electron chi connectivity index (χ0n) is 14.4. The van der Waals surface area contributed by atoms with Crippen LogP contribution in [0.4, 0.5) is 5.82 Å². The minimum Gasteiger partial charge on any atom is -0.494 e. The van der Waals surface area contributed by atoms with Gasteiger partial charge in [0.2, 0.25) is 5.91 Å². The van der Waals surface area contributed by atoms with Crippen molar-refractivity contribution in [2.75, 3.05) is 19.5 Å². The van der Waals surface area contributed by atoms with Gasteiger partial charge in [0.25, 0.3) is 0 Å². The van der Waals surface area contributed by atoms with Crippen molar-refractivity contribution in [2.45, 2.75) is 12.8 Å². The van der Waals surface area contributed by atoms with Gasteiger partial charge in [0.1, 0.15) is 16.8 Å². The van der Waals surface area contributed by atoms with Gasteiger partial charge in [0.05, 0.1) is 20.4 Å². The molecule has 26 heavy (non-hydrogen) atoms. The Morgan fingerprint density at radius 3 is 2.46 bits per heavy atom. The summed E-state index contributed by atoms with van der Waals surface area (Å²) in [7, 11) is 3.09. The number of rotatable bonds is 5. The maximum Gasteiger partial charge on any atom is 0.316 e. The maximum absolute atomic E-state index is 12.0. The smallest absolute Gasteiger partial charge is 0.316 e. The number of nitrogens with one attached hydrogen (secondary N) is 1. The molecular weight excluding hydrogens is 334 g/mol. The van der Waals surface area contributed by atoms with Crippen molar-refractivity contribution >= 4 is 22.8 Å². The Hall–Kier alpha value is -3.29. The minimum absolute atomic E-state index is 0.0164. The third kappa shape index (κ3) is 3.01. The Labute approximate surface area is 149 Å². The number of fused-ring (bicyclic) bond motifs is 1. The predicted molar refractivity (Wildman–Crippen MR) is 95.0 cm³/mol. The van der Waals surface area contributed by atoms with Crippen LogP contribution in [0.25, 0.3) is 22.2 Å². The molecule has 1 amide bonds. The molecule has 1 aliphatic carbocycles. The van der Waals surface area contributed by atoms with Gasteiger partial charge in [-0.3, -0.25) is 4.79 Å². The zero-order chi connectivity index (χ0) is 18.1. The largest absolute Gasteiger partial charge is 0.494 e. The number of methoxy groups -OCH3 is 2. The average molecular weight is 351 g/mol. The van der Waals surface area contributed by atoms with Gasteiger partial charge in [-0.25, -0.2) is 19.9 Å². The van der Waals surface area contributed by atoms with Gasteiger partial charge in [-0.05, 0) is 25.0 Å². The van der Waals surface area contributed by atoms with E-state index in [4.69, 9.17) is 9.47 Å². The summed E-state index contributed by atoms with van der Waals surface area (Å²) in [5.74, 6) is 1.07. The fourth-order valence-corrected chi connectivity index (χ4v) is 2.67. The lowest BCUT2D eigenvalue weighted by Gasteiger charge is -2.11. The summed E-state index contributed by atoms with van der Waals surface area (Å²) in [6, 6.07) is 3.98. The molecule has 2 aromatic heterocycles. The zero-order valence-corrected chi connectivity index (χ0v) is 14.4. The van der Waals surface area contributed by atoms with Crippen LogP contribution in [0.1, 0.15) is 12.8 Å². The summed E-state index contributed by atoms with van der Waals surface area (Å²) in [4.78, 5) is 29.3. The quantitative estimate of drug-likeness (QED) is 0.753. The van der Waals surface area contributed by atoms with Crippen LogP contribution in [0.3, 0.4) is 0 Å². The van der Waals surface area contributed by atoms with Gasteiger partial charge in [0, 0.05) is 29.4 Å². The number of carbonyl (C=O) groups excluding carboxylic acids is 1. The Bertz CT molecular complexity index is 970. The fraction of sp³-hybridized carbons (Fsp3) is 0.278. The first-order chi connectivity index (χ1) is 12.7. The minimum atomic E-state index is -0.0164. The Morgan fingerprint density at radius 1 is 1.04 bits per heavy atom. The second kappa shape index (κ2) is 6.55. The van der Waals surface area contributed by atoms with E-state index in [1.54, 1.807) is 25.7 Å². The third-order valence-electron chi connectivity index (χ3n) is 4.20. The van der Waals surface area contributed by atoms with Crippen LogP contribution in [0.15, 0.2) is 30.7 Å². The van der Waals surface area contributed by atoms with E-state index >= 15 is 0 Å². The summed E-state index contributed by atoms with van der Waals surface area (Å²) in [6.45, 7) is 0. The number of aromatic nitrogens is 4. The molecule has 0 bridgehead atoms. The highest BCUT2D eigenvalue weighted by Crippen LogP contribution is 2.33. The molecule has 0 radical (unpaired) electrons. The second-order valence-electron chi connectivity index (χ2n) is 5.99. The number of amides is 1. The van der Waals surface area contributed by atoms with Crippen molar-refractivity contribution in [3.05, 3.63) is 30.7 Å². The number of nitrogens with zero attached hydrogens (tertiary/aromatic N) is 4. The molecule has 1 N–H and O–H groups in total. The van der Waals surface area contributed by atoms with Gasteiger partial charge in [-0.15, -0.1) is 0 Å². The molecule has 4 rings (SSSR count). The van der Waals surface area contributed by atoms with Gasteiger partial charge < -0.3 is 14.8 Å². The van der Waals surface area contributed by atoms with Crippen molar-refractivity contribution in [1.82, 2.24) is 19.9 Å². The summed E-state index contributed by atoms with van der Waals surface area (Å²) < 4.78 is 10.4. The lowest BCUT2D eigenvalue weighted by atomic mass is 10.1. The first kappa shape index (κ1) is 16.2. The molecule has 0 unspecified atom stereocenters. The second-order valence-corrected chi connectivity index (χ2v) is 5.99. The van der Waals surface area contributed by atoms with Gasteiger partial charge in [0.15, 0.2) is 5.82 Å². The molecule has 0 saturated heterocycles. The molecule has 1 aliphatic rings. The molecule has 0 aliphatic heterocycles. The third-order valence-corrected chi connectivity index (χ3v) is 4.20. The van der Waals surface area contributed by atoms with Gasteiger partial charge in [-0.2, -0.15) is 0 Å². The van der Waals surface area contributed by atoms with E-state index in [0.29, 0.717) is 28.6 Å². The van der Waals surface area contributed by atoms with Crippen molar-refractivity contribution in [2.24, 2.45) is 5.92 Å². The van der Waals surface area contributed by atoms with Crippen LogP contribution < -0.4 is 14.8 Å². The fourth-order valence-electron chi connectivity index (χ4n) is 2.67. The molecule has 3 aromatic rings. The van der Waals surface area contributed by atoms with E-state index in [1.165, 1.54) is 7.11 Å². The Balaban J connectivity index is 1.77. The molecule has 1 saturated carbocycles. The molecule has 0 spiro atoms. The molecule has 1 aromatic carbocycles. The number of hydrogen-bond donors (Lipinski definition) is 1. The number of ether oxygens (including phenoxy) is 2. The van der Waals surface area contributed by atoms with Crippen LogP contribution in [0.2, 0.25) is 0 Å². The van der Waals surface area contributed by atoms with E-state index in [2.05, 4.69) is 25.3 Å². The normalized spacial score (nSPS) is 13.5. The van der Waals surface area contributed by atoms with E-state index in [9.17, 15) is 4.79 Å². The Kier molecular flexibility index (Phi) is 4.08. The van der Waals surface area contributed by atoms with Crippen molar-refractivity contribution < 1.29 is 14.3 Å². The van der Waals surface area contributed by atoms with E-state index in [-0.39, 0.29) is 11.8 Å². The van der Waals surface area contributed by atoms with Gasteiger partial charge in [-0.1, -0.05) is 0 Å². The molecule has 8 heteroatoms. The van der Waals surface area contributed by atoms with Crippen molar-refractivity contribution in [1.29, 1.82) is 0 Å². The van der Waals surface area contributed by atoms with Crippen LogP contribution in [0, 0.1) is 5.92 Å². The van der Waals surface area contributed by atoms with Crippen molar-refractivity contribution in [3.63, 3.8) is 0 Å². The highest BCUT2D eigenvalue weighted by Gasteiger charge is 2.30. The van der Waals surface area contributed by atoms with Crippen LogP contribution in [0.5, 0.6) is 11.8 Å². The summed E-state index contributed by atoms with van der Waals surface area (Å²) in [5.41, 5.74) is 2.80. The Morgan fingerprint density at radius 2 is 1.81 bits per heavy atom. The summed E-state index contributed by atoms with van der Waals surface area (Å²) >= 11 is 0. The molecule has 0 atom stereocenters. The average Bonchev–Trinajstić information content (AvgIpc) is 3.52. The number of benzene rings is 1. The number of hydrogen-bond acceptors (Lipinski definition) is 7. The van der Waals surface area contributed by atoms with Gasteiger partial charge >= 0.3 is 6.01 Å². The van der Waals surface area contributed by atoms with Crippen LogP contribution >= 0.6 is 0 Å². The number of anilines is 1. The SMILES string of the molecule is COc1ncc(-c2ccc(OC)c3nc(NC(=O)C4CC4)cnc23)cn1. The summed E-state index contributed by atoms with van der Waals surface area (Å²) in [6.07, 6.45) is 6.74. The van der Waals surface area contributed by atoms with E-state index in [1.807, 2.05) is 12.1 Å². The monoisotopic (exact) mass is 351 g/mol. The highest BCUT2D eigenvalue weighted by atomic mass is 16.5. The molecule has 132 valence electrons. The first-order valence-electron chi connectivity index (χ1n) is 8.20. The molecule has 8 nitrogen and oxygen atoms in total. The lowest BCUT2D eigenvalue weighted by Crippen LogP contribution is -2.14. The standard InChI is InChI=1S/C18H17N5O3/c1-25-13-6-5-12(11-7-20-18(26-2)21-8-11)15-16(13)22-14(9-19-15)23-17(24)10-3-4-10/h5-10H,3-4H2,1-2H3,(H,22,23,24). The first-order valence-corrected chi connectivity index (χ1v) is 8.20. The lowest BCUT2D eigenvalue weighted by molar-refractivity contribution is -0.117. The van der Waals surface area contributed by atoms with Crippen molar-refractivity contribution in [3.8, 4) is 22.9 Å². The summed E-state index contributed by atoms with van der Waals surface area (Å²) in [5, 5.41) is 2.81. The van der Waals surface area contributed by atoms with Crippen LogP contribution in [-0.2, 0) is 4.79 Å². The highest BCUT2D eigenvalue weighted by molar-refractivity contribution is 5.97. The van der Waals surface area contributed by atoms with E-state index in [0.717, 1.165) is 24.0 Å². The topological polar surface area (TPSA) is 99.1 Å². The van der Waals surface area contributed by atoms with Crippen LogP contribution in [-0.4, -0.2) is 40.1 Å². The molecule has 1 fully saturated rings. The predicted octanol–water partition coefficient (Wildman–Crippen LogP) is 2.45. The maximum atomic E-state index is 12.0. The van der Waals surface area contributed by atoms with E-state index < -0.39 is 0 Å².